The summed E-state index contributed by atoms with van der Waals surface area (Å²) in [6.07, 6.45) is 2.48. The number of amides is 1. The lowest BCUT2D eigenvalue weighted by Crippen LogP contribution is -2.18. The van der Waals surface area contributed by atoms with Crippen molar-refractivity contribution in [2.24, 2.45) is 5.10 Å². The Morgan fingerprint density at radius 2 is 1.84 bits per heavy atom. The first-order valence-corrected chi connectivity index (χ1v) is 11.1. The summed E-state index contributed by atoms with van der Waals surface area (Å²) >= 11 is 3.56. The highest BCUT2D eigenvalue weighted by Crippen LogP contribution is 2.31. The molecular weight excluding hydrogens is 460 g/mol. The summed E-state index contributed by atoms with van der Waals surface area (Å²) in [5.74, 6) is 1.90. The Morgan fingerprint density at radius 3 is 2.48 bits per heavy atom. The van der Waals surface area contributed by atoms with E-state index in [-0.39, 0.29) is 11.3 Å². The number of carbonyl (C=O) groups excluding carboxylic acids is 1. The zero-order chi connectivity index (χ0) is 22.9. The molecule has 7 heteroatoms. The molecular formula is C24H31BrN2O4. The van der Waals surface area contributed by atoms with E-state index in [0.717, 1.165) is 15.8 Å². The van der Waals surface area contributed by atoms with E-state index in [2.05, 4.69) is 59.4 Å². The third kappa shape index (κ3) is 7.90. The molecule has 0 aromatic heterocycles. The molecule has 0 unspecified atom stereocenters. The fourth-order valence-electron chi connectivity index (χ4n) is 2.77. The Bertz CT molecular complexity index is 907. The fraction of sp³-hybridized carbons (Fsp3) is 0.417. The number of hydrogen-bond donors (Lipinski definition) is 1. The Kier molecular flexibility index (Phi) is 9.37. The van der Waals surface area contributed by atoms with Crippen molar-refractivity contribution in [3.63, 3.8) is 0 Å². The summed E-state index contributed by atoms with van der Waals surface area (Å²) in [4.78, 5) is 12.0. The molecule has 0 aliphatic heterocycles. The monoisotopic (exact) mass is 490 g/mol. The normalized spacial score (nSPS) is 11.4. The molecule has 0 spiro atoms. The highest BCUT2D eigenvalue weighted by molar-refractivity contribution is 9.10. The van der Waals surface area contributed by atoms with Gasteiger partial charge in [0.15, 0.2) is 11.5 Å². The number of halogens is 1. The van der Waals surface area contributed by atoms with Gasteiger partial charge in [0.05, 0.1) is 31.0 Å². The second-order valence-electron chi connectivity index (χ2n) is 7.98. The number of benzene rings is 2. The molecule has 0 radical (unpaired) electrons. The van der Waals surface area contributed by atoms with E-state index in [9.17, 15) is 4.79 Å². The zero-order valence-electron chi connectivity index (χ0n) is 18.8. The van der Waals surface area contributed by atoms with Crippen LogP contribution in [0.25, 0.3) is 0 Å². The van der Waals surface area contributed by atoms with E-state index in [0.29, 0.717) is 37.6 Å². The summed E-state index contributed by atoms with van der Waals surface area (Å²) < 4.78 is 17.5. The molecule has 0 fully saturated rings. The molecule has 0 atom stereocenters. The van der Waals surface area contributed by atoms with Gasteiger partial charge in [-0.2, -0.15) is 5.10 Å². The van der Waals surface area contributed by atoms with Crippen LogP contribution in [-0.2, 0) is 10.2 Å². The van der Waals surface area contributed by atoms with Gasteiger partial charge in [-0.1, -0.05) is 26.8 Å². The second-order valence-corrected chi connectivity index (χ2v) is 8.84. The van der Waals surface area contributed by atoms with Crippen molar-refractivity contribution in [3.05, 3.63) is 52.0 Å². The Labute approximate surface area is 193 Å². The molecule has 2 aromatic rings. The molecule has 0 aliphatic rings. The topological polar surface area (TPSA) is 69.2 Å². The molecule has 6 nitrogen and oxygen atoms in total. The molecule has 0 aliphatic carbocycles. The van der Waals surface area contributed by atoms with E-state index < -0.39 is 0 Å². The molecule has 2 aromatic carbocycles. The van der Waals surface area contributed by atoms with Crippen LogP contribution >= 0.6 is 15.9 Å². The summed E-state index contributed by atoms with van der Waals surface area (Å²) in [6.45, 7) is 9.43. The molecule has 2 rings (SSSR count). The van der Waals surface area contributed by atoms with Crippen LogP contribution in [0.1, 0.15) is 51.7 Å². The van der Waals surface area contributed by atoms with Crippen molar-refractivity contribution in [3.8, 4) is 17.2 Å². The lowest BCUT2D eigenvalue weighted by molar-refractivity contribution is -0.121. The van der Waals surface area contributed by atoms with E-state index in [1.165, 1.54) is 5.56 Å². The van der Waals surface area contributed by atoms with Crippen LogP contribution in [0.15, 0.2) is 46.0 Å². The summed E-state index contributed by atoms with van der Waals surface area (Å²) in [5.41, 5.74) is 4.64. The summed E-state index contributed by atoms with van der Waals surface area (Å²) in [7, 11) is 1.58. The standard InChI is InChI=1S/C24H31BrN2O4/c1-6-30-21-11-9-17(14-22(21)29-5)16-26-27-23(28)8-7-13-31-20-12-10-18(15-19(20)25)24(2,3)4/h9-12,14-16H,6-8,13H2,1-5H3,(H,27,28)/b26-16+. The lowest BCUT2D eigenvalue weighted by atomic mass is 9.87. The molecule has 0 heterocycles. The largest absolute Gasteiger partial charge is 0.493 e. The Hall–Kier alpha value is -2.54. The van der Waals surface area contributed by atoms with Crippen molar-refractivity contribution in [1.29, 1.82) is 0 Å². The number of carbonyl (C=O) groups is 1. The minimum atomic E-state index is -0.167. The number of ether oxygens (including phenoxy) is 3. The van der Waals surface area contributed by atoms with Gasteiger partial charge in [-0.3, -0.25) is 4.79 Å². The molecule has 0 saturated heterocycles. The highest BCUT2D eigenvalue weighted by atomic mass is 79.9. The van der Waals surface area contributed by atoms with Gasteiger partial charge in [-0.25, -0.2) is 5.43 Å². The van der Waals surface area contributed by atoms with Gasteiger partial charge in [0.1, 0.15) is 5.75 Å². The van der Waals surface area contributed by atoms with Gasteiger partial charge < -0.3 is 14.2 Å². The van der Waals surface area contributed by atoms with Crippen molar-refractivity contribution >= 4 is 28.1 Å². The van der Waals surface area contributed by atoms with Gasteiger partial charge in [-0.15, -0.1) is 0 Å². The third-order valence-electron chi connectivity index (χ3n) is 4.49. The Balaban J connectivity index is 1.76. The average Bonchev–Trinajstić information content (AvgIpc) is 2.72. The van der Waals surface area contributed by atoms with E-state index >= 15 is 0 Å². The second kappa shape index (κ2) is 11.7. The quantitative estimate of drug-likeness (QED) is 0.272. The van der Waals surface area contributed by atoms with Crippen LogP contribution in [-0.4, -0.2) is 32.4 Å². The maximum Gasteiger partial charge on any atom is 0.240 e. The van der Waals surface area contributed by atoms with Crippen molar-refractivity contribution in [1.82, 2.24) is 5.43 Å². The first-order chi connectivity index (χ1) is 14.7. The maximum absolute atomic E-state index is 12.0. The predicted molar refractivity (Wildman–Crippen MR) is 127 cm³/mol. The van der Waals surface area contributed by atoms with Crippen LogP contribution in [0.4, 0.5) is 0 Å². The first kappa shape index (κ1) is 24.7. The highest BCUT2D eigenvalue weighted by Gasteiger charge is 2.15. The van der Waals surface area contributed by atoms with E-state index in [1.807, 2.05) is 25.1 Å². The summed E-state index contributed by atoms with van der Waals surface area (Å²) in [5, 5.41) is 4.01. The SMILES string of the molecule is CCOc1ccc(/C=N/NC(=O)CCCOc2ccc(C(C)(C)C)cc2Br)cc1OC. The van der Waals surface area contributed by atoms with E-state index in [1.54, 1.807) is 19.4 Å². The van der Waals surface area contributed by atoms with Gasteiger partial charge in [0.25, 0.3) is 0 Å². The zero-order valence-corrected chi connectivity index (χ0v) is 20.4. The number of nitrogens with zero attached hydrogens (tertiary/aromatic N) is 1. The predicted octanol–water partition coefficient (Wildman–Crippen LogP) is 5.46. The summed E-state index contributed by atoms with van der Waals surface area (Å²) in [6, 6.07) is 11.6. The van der Waals surface area contributed by atoms with Crippen LogP contribution in [0.2, 0.25) is 0 Å². The van der Waals surface area contributed by atoms with Crippen molar-refractivity contribution in [2.75, 3.05) is 20.3 Å². The van der Waals surface area contributed by atoms with Gasteiger partial charge >= 0.3 is 0 Å². The minimum absolute atomic E-state index is 0.0795. The van der Waals surface area contributed by atoms with Crippen LogP contribution in [0.5, 0.6) is 17.2 Å². The van der Waals surface area contributed by atoms with Gasteiger partial charge in [0.2, 0.25) is 5.91 Å². The molecule has 168 valence electrons. The molecule has 31 heavy (non-hydrogen) atoms. The van der Waals surface area contributed by atoms with Gasteiger partial charge in [-0.05, 0) is 76.1 Å². The Morgan fingerprint density at radius 1 is 1.10 bits per heavy atom. The lowest BCUT2D eigenvalue weighted by Gasteiger charge is -2.20. The van der Waals surface area contributed by atoms with Crippen LogP contribution in [0.3, 0.4) is 0 Å². The van der Waals surface area contributed by atoms with Gasteiger partial charge in [0, 0.05) is 6.42 Å². The smallest absolute Gasteiger partial charge is 0.240 e. The minimum Gasteiger partial charge on any atom is -0.493 e. The number of hydrazone groups is 1. The number of hydrogen-bond acceptors (Lipinski definition) is 5. The maximum atomic E-state index is 12.0. The molecule has 0 saturated carbocycles. The molecule has 0 bridgehead atoms. The third-order valence-corrected chi connectivity index (χ3v) is 5.11. The van der Waals surface area contributed by atoms with Crippen LogP contribution < -0.4 is 19.6 Å². The molecule has 1 amide bonds. The van der Waals surface area contributed by atoms with Crippen molar-refractivity contribution < 1.29 is 19.0 Å². The number of rotatable bonds is 10. The van der Waals surface area contributed by atoms with Crippen LogP contribution in [0, 0.1) is 0 Å². The number of methoxy groups -OCH3 is 1. The first-order valence-electron chi connectivity index (χ1n) is 10.3. The average molecular weight is 491 g/mol. The number of nitrogens with one attached hydrogen (secondary N) is 1. The fourth-order valence-corrected chi connectivity index (χ4v) is 3.27. The van der Waals surface area contributed by atoms with E-state index in [4.69, 9.17) is 14.2 Å². The van der Waals surface area contributed by atoms with Crippen molar-refractivity contribution in [2.45, 2.75) is 46.0 Å². The molecule has 1 N–H and O–H groups in total.